The normalized spacial score (nSPS) is 12.6. The maximum Gasteiger partial charge on any atom is 0.131 e. The van der Waals surface area contributed by atoms with Crippen LogP contribution in [0.1, 0.15) is 27.2 Å². The Morgan fingerprint density at radius 2 is 2.06 bits per heavy atom. The van der Waals surface area contributed by atoms with E-state index in [1.165, 1.54) is 11.3 Å². The minimum absolute atomic E-state index is 0.547. The fourth-order valence-corrected chi connectivity index (χ4v) is 2.66. The summed E-state index contributed by atoms with van der Waals surface area (Å²) in [7, 11) is 1.66. The molecule has 1 unspecified atom stereocenters. The topological polar surface area (TPSA) is 42.4 Å². The Labute approximate surface area is 105 Å². The average molecular weight is 249 g/mol. The summed E-state index contributed by atoms with van der Waals surface area (Å²) in [6.07, 6.45) is -0.648. The molecule has 0 saturated carbocycles. The van der Waals surface area contributed by atoms with Crippen LogP contribution in [0.2, 0.25) is 0 Å². The zero-order chi connectivity index (χ0) is 12.3. The van der Waals surface area contributed by atoms with Gasteiger partial charge in [-0.3, -0.25) is 0 Å². The molecule has 4 heteroatoms. The lowest BCUT2D eigenvalue weighted by atomic mass is 10.1. The first-order chi connectivity index (χ1) is 8.22. The summed E-state index contributed by atoms with van der Waals surface area (Å²) in [6, 6.07) is 9.55. The molecule has 1 atom stereocenters. The third-order valence-electron chi connectivity index (χ3n) is 2.53. The number of aromatic nitrogens is 1. The van der Waals surface area contributed by atoms with Gasteiger partial charge in [0.15, 0.2) is 0 Å². The van der Waals surface area contributed by atoms with Crippen molar-refractivity contribution in [2.45, 2.75) is 19.6 Å². The summed E-state index contributed by atoms with van der Waals surface area (Å²) in [5, 5.41) is 10.9. The number of benzene rings is 1. The van der Waals surface area contributed by atoms with Crippen molar-refractivity contribution in [3.8, 4) is 0 Å². The molecule has 2 rings (SSSR count). The Hall–Kier alpha value is -1.23. The highest BCUT2D eigenvalue weighted by Gasteiger charge is 2.16. The van der Waals surface area contributed by atoms with E-state index in [0.29, 0.717) is 6.61 Å². The van der Waals surface area contributed by atoms with Crippen LogP contribution < -0.4 is 0 Å². The molecule has 1 aromatic carbocycles. The molecule has 0 aliphatic rings. The van der Waals surface area contributed by atoms with Gasteiger partial charge in [0.1, 0.15) is 11.1 Å². The van der Waals surface area contributed by atoms with E-state index in [9.17, 15) is 5.11 Å². The first-order valence-corrected chi connectivity index (χ1v) is 6.22. The van der Waals surface area contributed by atoms with Crippen LogP contribution in [0.3, 0.4) is 0 Å². The molecule has 17 heavy (non-hydrogen) atoms. The predicted octanol–water partition coefficient (Wildman–Crippen LogP) is 2.68. The van der Waals surface area contributed by atoms with Crippen LogP contribution in [-0.2, 0) is 11.3 Å². The van der Waals surface area contributed by atoms with E-state index >= 15 is 0 Å². The highest BCUT2D eigenvalue weighted by Crippen LogP contribution is 2.28. The molecule has 2 aromatic rings. The predicted molar refractivity (Wildman–Crippen MR) is 68.1 cm³/mol. The van der Waals surface area contributed by atoms with Crippen molar-refractivity contribution in [2.24, 2.45) is 0 Å². The number of thiazole rings is 1. The zero-order valence-electron chi connectivity index (χ0n) is 9.88. The van der Waals surface area contributed by atoms with Gasteiger partial charge in [-0.25, -0.2) is 4.98 Å². The number of aliphatic hydroxyl groups excluding tert-OH is 1. The molecule has 1 aromatic heterocycles. The molecule has 1 heterocycles. The van der Waals surface area contributed by atoms with Crippen LogP contribution in [-0.4, -0.2) is 17.2 Å². The van der Waals surface area contributed by atoms with E-state index in [-0.39, 0.29) is 0 Å². The Bertz CT molecular complexity index is 481. The summed E-state index contributed by atoms with van der Waals surface area (Å²) in [4.78, 5) is 5.46. The second-order valence-corrected chi connectivity index (χ2v) is 4.92. The SMILES string of the molecule is COCc1sc(C(O)c2ccccc2)nc1C. The number of hydrogen-bond acceptors (Lipinski definition) is 4. The van der Waals surface area contributed by atoms with Gasteiger partial charge in [-0.15, -0.1) is 11.3 Å². The van der Waals surface area contributed by atoms with E-state index in [1.54, 1.807) is 7.11 Å². The molecule has 0 spiro atoms. The van der Waals surface area contributed by atoms with Crippen LogP contribution in [0.4, 0.5) is 0 Å². The fourth-order valence-electron chi connectivity index (χ4n) is 1.61. The van der Waals surface area contributed by atoms with Gasteiger partial charge in [-0.05, 0) is 12.5 Å². The number of aliphatic hydroxyl groups is 1. The van der Waals surface area contributed by atoms with Crippen molar-refractivity contribution in [3.05, 3.63) is 51.5 Å². The third-order valence-corrected chi connectivity index (χ3v) is 3.72. The molecular weight excluding hydrogens is 234 g/mol. The molecule has 0 bridgehead atoms. The summed E-state index contributed by atoms with van der Waals surface area (Å²) in [5.41, 5.74) is 1.80. The lowest BCUT2D eigenvalue weighted by molar-refractivity contribution is 0.187. The van der Waals surface area contributed by atoms with E-state index < -0.39 is 6.10 Å². The summed E-state index contributed by atoms with van der Waals surface area (Å²) in [6.45, 7) is 2.48. The lowest BCUT2D eigenvalue weighted by Crippen LogP contribution is -1.98. The maximum absolute atomic E-state index is 10.2. The zero-order valence-corrected chi connectivity index (χ0v) is 10.7. The van der Waals surface area contributed by atoms with Crippen molar-refractivity contribution >= 4 is 11.3 Å². The quantitative estimate of drug-likeness (QED) is 0.906. The van der Waals surface area contributed by atoms with Crippen molar-refractivity contribution < 1.29 is 9.84 Å². The second kappa shape index (κ2) is 5.40. The van der Waals surface area contributed by atoms with Gasteiger partial charge in [-0.1, -0.05) is 30.3 Å². The minimum atomic E-state index is -0.648. The molecule has 0 fully saturated rings. The van der Waals surface area contributed by atoms with Crippen LogP contribution in [0.25, 0.3) is 0 Å². The Morgan fingerprint density at radius 1 is 1.35 bits per heavy atom. The number of methoxy groups -OCH3 is 1. The molecule has 0 saturated heterocycles. The van der Waals surface area contributed by atoms with Crippen LogP contribution in [0, 0.1) is 6.92 Å². The standard InChI is InChI=1S/C13H15NO2S/c1-9-11(8-16-2)17-13(14-9)12(15)10-6-4-3-5-7-10/h3-7,12,15H,8H2,1-2H3. The highest BCUT2D eigenvalue weighted by molar-refractivity contribution is 7.11. The van der Waals surface area contributed by atoms with Gasteiger partial charge in [-0.2, -0.15) is 0 Å². The molecule has 0 amide bonds. The first-order valence-electron chi connectivity index (χ1n) is 5.40. The fraction of sp³-hybridized carbons (Fsp3) is 0.308. The number of hydrogen-bond donors (Lipinski definition) is 1. The van der Waals surface area contributed by atoms with Gasteiger partial charge >= 0.3 is 0 Å². The Morgan fingerprint density at radius 3 is 2.71 bits per heavy atom. The monoisotopic (exact) mass is 249 g/mol. The van der Waals surface area contributed by atoms with Crippen LogP contribution in [0.5, 0.6) is 0 Å². The smallest absolute Gasteiger partial charge is 0.131 e. The molecule has 1 N–H and O–H groups in total. The molecule has 90 valence electrons. The van der Waals surface area contributed by atoms with Crippen LogP contribution in [0.15, 0.2) is 30.3 Å². The van der Waals surface area contributed by atoms with Gasteiger partial charge in [0.25, 0.3) is 0 Å². The number of rotatable bonds is 4. The summed E-state index contributed by atoms with van der Waals surface area (Å²) in [5.74, 6) is 0. The lowest BCUT2D eigenvalue weighted by Gasteiger charge is -2.06. The van der Waals surface area contributed by atoms with E-state index in [1.807, 2.05) is 37.3 Å². The Kier molecular flexibility index (Phi) is 3.89. The first kappa shape index (κ1) is 12.2. The molecular formula is C13H15NO2S. The second-order valence-electron chi connectivity index (χ2n) is 3.81. The molecule has 0 aliphatic heterocycles. The van der Waals surface area contributed by atoms with E-state index in [2.05, 4.69) is 4.98 Å². The van der Waals surface area contributed by atoms with Crippen molar-refractivity contribution in [3.63, 3.8) is 0 Å². The van der Waals surface area contributed by atoms with Gasteiger partial charge < -0.3 is 9.84 Å². The van der Waals surface area contributed by atoms with Crippen LogP contribution >= 0.6 is 11.3 Å². The van der Waals surface area contributed by atoms with Crippen molar-refractivity contribution in [2.75, 3.05) is 7.11 Å². The van der Waals surface area contributed by atoms with Crippen molar-refractivity contribution in [1.82, 2.24) is 4.98 Å². The third kappa shape index (κ3) is 2.72. The summed E-state index contributed by atoms with van der Waals surface area (Å²) < 4.78 is 5.10. The van der Waals surface area contributed by atoms with Gasteiger partial charge in [0, 0.05) is 7.11 Å². The minimum Gasteiger partial charge on any atom is -0.381 e. The average Bonchev–Trinajstić information content (AvgIpc) is 2.72. The van der Waals surface area contributed by atoms with E-state index in [0.717, 1.165) is 21.1 Å². The van der Waals surface area contributed by atoms with E-state index in [4.69, 9.17) is 4.74 Å². The molecule has 0 aliphatic carbocycles. The maximum atomic E-state index is 10.2. The number of ether oxygens (including phenoxy) is 1. The molecule has 0 radical (unpaired) electrons. The van der Waals surface area contributed by atoms with Gasteiger partial charge in [0.2, 0.25) is 0 Å². The van der Waals surface area contributed by atoms with Gasteiger partial charge in [0.05, 0.1) is 17.2 Å². The molecule has 3 nitrogen and oxygen atoms in total. The Balaban J connectivity index is 2.25. The number of aryl methyl sites for hydroxylation is 1. The summed E-state index contributed by atoms with van der Waals surface area (Å²) >= 11 is 1.50. The largest absolute Gasteiger partial charge is 0.381 e. The number of nitrogens with zero attached hydrogens (tertiary/aromatic N) is 1. The van der Waals surface area contributed by atoms with Crippen molar-refractivity contribution in [1.29, 1.82) is 0 Å². The highest BCUT2D eigenvalue weighted by atomic mass is 32.1.